The van der Waals surface area contributed by atoms with E-state index in [0.717, 1.165) is 17.3 Å². The average Bonchev–Trinajstić information content (AvgIpc) is 3.23. The Morgan fingerprint density at radius 3 is 2.56 bits per heavy atom. The SMILES string of the molecule is Cc1ccccc1-n1nccc1-c1cc(C(=O)N(C)Cc2cccc(F)c2)c(O)cc1O. The Morgan fingerprint density at radius 1 is 1.03 bits per heavy atom. The maximum atomic E-state index is 13.5. The fraction of sp³-hybridized carbons (Fsp3) is 0.120. The van der Waals surface area contributed by atoms with Crippen molar-refractivity contribution in [3.63, 3.8) is 0 Å². The van der Waals surface area contributed by atoms with Gasteiger partial charge in [0.15, 0.2) is 0 Å². The van der Waals surface area contributed by atoms with E-state index < -0.39 is 5.91 Å². The lowest BCUT2D eigenvalue weighted by Gasteiger charge is -2.19. The van der Waals surface area contributed by atoms with Gasteiger partial charge in [-0.3, -0.25) is 4.79 Å². The molecule has 0 aliphatic rings. The van der Waals surface area contributed by atoms with E-state index in [1.165, 1.54) is 23.1 Å². The number of aryl methyl sites for hydroxylation is 1. The molecule has 0 aliphatic heterocycles. The molecule has 1 aromatic heterocycles. The monoisotopic (exact) mass is 431 g/mol. The topological polar surface area (TPSA) is 78.6 Å². The molecular weight excluding hydrogens is 409 g/mol. The van der Waals surface area contributed by atoms with E-state index in [0.29, 0.717) is 16.8 Å². The summed E-state index contributed by atoms with van der Waals surface area (Å²) >= 11 is 0. The van der Waals surface area contributed by atoms with Gasteiger partial charge in [0.25, 0.3) is 5.91 Å². The van der Waals surface area contributed by atoms with E-state index in [-0.39, 0.29) is 29.4 Å². The van der Waals surface area contributed by atoms with Crippen molar-refractivity contribution in [2.24, 2.45) is 0 Å². The van der Waals surface area contributed by atoms with Gasteiger partial charge in [0.05, 0.1) is 23.1 Å². The van der Waals surface area contributed by atoms with Gasteiger partial charge in [-0.1, -0.05) is 30.3 Å². The molecule has 32 heavy (non-hydrogen) atoms. The third kappa shape index (κ3) is 4.05. The Labute approximate surface area is 184 Å². The van der Waals surface area contributed by atoms with E-state index in [1.54, 1.807) is 36.1 Å². The van der Waals surface area contributed by atoms with Gasteiger partial charge in [-0.25, -0.2) is 9.07 Å². The van der Waals surface area contributed by atoms with Crippen molar-refractivity contribution in [2.75, 3.05) is 7.05 Å². The zero-order chi connectivity index (χ0) is 22.8. The standard InChI is InChI=1S/C25H22FN3O3/c1-16-6-3-4-9-21(16)29-22(10-11-27-29)19-13-20(24(31)14-23(19)30)25(32)28(2)15-17-7-5-8-18(26)12-17/h3-14,30-31H,15H2,1-2H3. The van der Waals surface area contributed by atoms with Crippen molar-refractivity contribution in [1.29, 1.82) is 0 Å². The van der Waals surface area contributed by atoms with Crippen LogP contribution in [-0.2, 0) is 6.54 Å². The molecular formula is C25H22FN3O3. The van der Waals surface area contributed by atoms with Gasteiger partial charge in [0, 0.05) is 25.2 Å². The molecule has 3 aromatic carbocycles. The van der Waals surface area contributed by atoms with Crippen molar-refractivity contribution < 1.29 is 19.4 Å². The summed E-state index contributed by atoms with van der Waals surface area (Å²) < 4.78 is 15.2. The number of carbonyl (C=O) groups excluding carboxylic acids is 1. The Balaban J connectivity index is 1.71. The van der Waals surface area contributed by atoms with E-state index >= 15 is 0 Å². The molecule has 1 amide bonds. The largest absolute Gasteiger partial charge is 0.507 e. The minimum Gasteiger partial charge on any atom is -0.507 e. The zero-order valence-electron chi connectivity index (χ0n) is 17.7. The molecule has 6 nitrogen and oxygen atoms in total. The number of aromatic hydroxyl groups is 2. The summed E-state index contributed by atoms with van der Waals surface area (Å²) in [5.74, 6) is -1.37. The van der Waals surface area contributed by atoms with Crippen LogP contribution < -0.4 is 0 Å². The van der Waals surface area contributed by atoms with Gasteiger partial charge in [-0.2, -0.15) is 5.10 Å². The second kappa shape index (κ2) is 8.55. The molecule has 2 N–H and O–H groups in total. The molecule has 4 rings (SSSR count). The molecule has 4 aromatic rings. The van der Waals surface area contributed by atoms with Crippen LogP contribution in [0.1, 0.15) is 21.5 Å². The highest BCUT2D eigenvalue weighted by atomic mass is 19.1. The first-order chi connectivity index (χ1) is 15.3. The molecule has 0 radical (unpaired) electrons. The van der Waals surface area contributed by atoms with Gasteiger partial charge in [0.2, 0.25) is 0 Å². The van der Waals surface area contributed by atoms with Gasteiger partial charge in [-0.15, -0.1) is 0 Å². The smallest absolute Gasteiger partial charge is 0.257 e. The molecule has 0 spiro atoms. The van der Waals surface area contributed by atoms with Crippen LogP contribution in [0.3, 0.4) is 0 Å². The van der Waals surface area contributed by atoms with Crippen molar-refractivity contribution in [1.82, 2.24) is 14.7 Å². The molecule has 0 atom stereocenters. The molecule has 0 aliphatic carbocycles. The maximum absolute atomic E-state index is 13.5. The number of para-hydroxylation sites is 1. The first kappa shape index (κ1) is 21.1. The summed E-state index contributed by atoms with van der Waals surface area (Å²) in [6.07, 6.45) is 1.60. The molecule has 1 heterocycles. The molecule has 0 bridgehead atoms. The summed E-state index contributed by atoms with van der Waals surface area (Å²) in [6.45, 7) is 2.11. The number of carbonyl (C=O) groups is 1. The summed E-state index contributed by atoms with van der Waals surface area (Å²) in [5, 5.41) is 25.3. The lowest BCUT2D eigenvalue weighted by molar-refractivity contribution is 0.0782. The molecule has 162 valence electrons. The van der Waals surface area contributed by atoms with E-state index in [9.17, 15) is 19.4 Å². The van der Waals surface area contributed by atoms with Gasteiger partial charge in [-0.05, 0) is 48.4 Å². The van der Waals surface area contributed by atoms with Gasteiger partial charge in [0.1, 0.15) is 17.3 Å². The van der Waals surface area contributed by atoms with E-state index in [4.69, 9.17) is 0 Å². The van der Waals surface area contributed by atoms with Crippen LogP contribution in [-0.4, -0.2) is 37.8 Å². The third-order valence-electron chi connectivity index (χ3n) is 5.26. The fourth-order valence-corrected chi connectivity index (χ4v) is 3.64. The highest BCUT2D eigenvalue weighted by Crippen LogP contribution is 2.36. The number of benzene rings is 3. The van der Waals surface area contributed by atoms with E-state index in [2.05, 4.69) is 5.10 Å². The first-order valence-electron chi connectivity index (χ1n) is 10.0. The van der Waals surface area contributed by atoms with Crippen molar-refractivity contribution in [3.8, 4) is 28.4 Å². The fourth-order valence-electron chi connectivity index (χ4n) is 3.64. The minimum atomic E-state index is -0.463. The summed E-state index contributed by atoms with van der Waals surface area (Å²) in [7, 11) is 1.57. The Kier molecular flexibility index (Phi) is 5.64. The Bertz CT molecular complexity index is 1300. The Morgan fingerprint density at radius 2 is 1.81 bits per heavy atom. The summed E-state index contributed by atoms with van der Waals surface area (Å²) in [4.78, 5) is 14.4. The minimum absolute atomic E-state index is 0.0224. The number of rotatable bonds is 5. The maximum Gasteiger partial charge on any atom is 0.257 e. The molecule has 0 saturated carbocycles. The van der Waals surface area contributed by atoms with Gasteiger partial charge < -0.3 is 15.1 Å². The van der Waals surface area contributed by atoms with Crippen molar-refractivity contribution in [3.05, 3.63) is 95.4 Å². The second-order valence-corrected chi connectivity index (χ2v) is 7.59. The van der Waals surface area contributed by atoms with Crippen molar-refractivity contribution >= 4 is 5.91 Å². The predicted octanol–water partition coefficient (Wildman–Crippen LogP) is 4.67. The highest BCUT2D eigenvalue weighted by molar-refractivity contribution is 5.98. The zero-order valence-corrected chi connectivity index (χ0v) is 17.7. The van der Waals surface area contributed by atoms with Crippen LogP contribution in [0.2, 0.25) is 0 Å². The normalized spacial score (nSPS) is 10.8. The highest BCUT2D eigenvalue weighted by Gasteiger charge is 2.21. The average molecular weight is 431 g/mol. The van der Waals surface area contributed by atoms with Crippen LogP contribution in [0.5, 0.6) is 11.5 Å². The quantitative estimate of drug-likeness (QED) is 0.481. The summed E-state index contributed by atoms with van der Waals surface area (Å²) in [6, 6.07) is 18.0. The predicted molar refractivity (Wildman–Crippen MR) is 119 cm³/mol. The number of phenols is 2. The molecule has 0 saturated heterocycles. The lowest BCUT2D eigenvalue weighted by atomic mass is 10.0. The molecule has 0 unspecified atom stereocenters. The molecule has 0 fully saturated rings. The van der Waals surface area contributed by atoms with Crippen LogP contribution in [0.4, 0.5) is 4.39 Å². The lowest BCUT2D eigenvalue weighted by Crippen LogP contribution is -2.26. The third-order valence-corrected chi connectivity index (χ3v) is 5.26. The number of aromatic nitrogens is 2. The number of nitrogens with zero attached hydrogens (tertiary/aromatic N) is 3. The first-order valence-corrected chi connectivity index (χ1v) is 10.0. The van der Waals surface area contributed by atoms with Crippen molar-refractivity contribution in [2.45, 2.75) is 13.5 Å². The van der Waals surface area contributed by atoms with Crippen LogP contribution in [0, 0.1) is 12.7 Å². The number of halogens is 1. The van der Waals surface area contributed by atoms with Crippen LogP contribution in [0.15, 0.2) is 72.9 Å². The second-order valence-electron chi connectivity index (χ2n) is 7.59. The molecule has 7 heteroatoms. The number of hydrogen-bond donors (Lipinski definition) is 2. The number of phenolic OH excluding ortho intramolecular Hbond substituents is 2. The van der Waals surface area contributed by atoms with E-state index in [1.807, 2.05) is 31.2 Å². The Hall–Kier alpha value is -4.13. The number of hydrogen-bond acceptors (Lipinski definition) is 4. The van der Waals surface area contributed by atoms with Gasteiger partial charge >= 0.3 is 0 Å². The van der Waals surface area contributed by atoms with Crippen LogP contribution in [0.25, 0.3) is 16.9 Å². The number of amides is 1. The summed E-state index contributed by atoms with van der Waals surface area (Å²) in [5.41, 5.74) is 3.38. The van der Waals surface area contributed by atoms with Crippen LogP contribution >= 0.6 is 0 Å².